The smallest absolute Gasteiger partial charge is 0.369 e. The summed E-state index contributed by atoms with van der Waals surface area (Å²) in [6.45, 7) is 0. The fourth-order valence-corrected chi connectivity index (χ4v) is 9.79. The lowest BCUT2D eigenvalue weighted by atomic mass is 10.1. The summed E-state index contributed by atoms with van der Waals surface area (Å²) in [6, 6.07) is 29.0. The Kier molecular flexibility index (Phi) is 8.24. The van der Waals surface area contributed by atoms with E-state index in [9.17, 15) is 5.11 Å². The lowest BCUT2D eigenvalue weighted by molar-refractivity contribution is 0.415. The maximum Gasteiger partial charge on any atom is 0.369 e. The molecule has 0 aliphatic carbocycles. The average molecular weight is 777 g/mol. The van der Waals surface area contributed by atoms with E-state index in [4.69, 9.17) is 4.74 Å². The minimum absolute atomic E-state index is 0.271. The van der Waals surface area contributed by atoms with E-state index in [0.29, 0.717) is 5.75 Å². The van der Waals surface area contributed by atoms with E-state index in [1.54, 1.807) is 24.5 Å². The van der Waals surface area contributed by atoms with Crippen molar-refractivity contribution in [2.45, 2.75) is 0 Å². The number of aromatic hydroxyl groups is 1. The van der Waals surface area contributed by atoms with Crippen LogP contribution in [0.3, 0.4) is 0 Å². The molecule has 4 aromatic heterocycles. The first kappa shape index (κ1) is 27.5. The molecule has 0 atom stereocenters. The minimum Gasteiger partial charge on any atom is -0.508 e. The molecule has 0 radical (unpaired) electrons. The van der Waals surface area contributed by atoms with Crippen molar-refractivity contribution < 1.29 is 9.84 Å². The number of benzene rings is 4. The molecule has 4 heterocycles. The van der Waals surface area contributed by atoms with Crippen molar-refractivity contribution in [3.8, 4) is 11.5 Å². The maximum atomic E-state index is 9.63. The fraction of sp³-hybridized carbons (Fsp3) is 0.0345. The number of fused-ring (bicyclic) bond motifs is 10. The Morgan fingerprint density at radius 3 is 1.54 bits per heavy atom. The summed E-state index contributed by atoms with van der Waals surface area (Å²) >= 11 is 16.7. The highest BCUT2D eigenvalue weighted by Gasteiger charge is 2.13. The molecule has 0 aliphatic rings. The summed E-state index contributed by atoms with van der Waals surface area (Å²) in [6.07, 6.45) is 0. The summed E-state index contributed by atoms with van der Waals surface area (Å²) in [5.74, 6) is 1.27. The summed E-state index contributed by atoms with van der Waals surface area (Å²) in [5.41, 5.74) is 0. The van der Waals surface area contributed by atoms with Crippen LogP contribution >= 0.6 is 92.6 Å². The van der Waals surface area contributed by atoms with Gasteiger partial charge in [-0.3, -0.25) is 0 Å². The number of hydrogen-bond acceptors (Lipinski definition) is 6. The van der Waals surface area contributed by atoms with Gasteiger partial charge in [0.2, 0.25) is 0 Å². The fourth-order valence-electron chi connectivity index (χ4n) is 4.62. The van der Waals surface area contributed by atoms with Crippen LogP contribution in [0.1, 0.15) is 0 Å². The Morgan fingerprint density at radius 2 is 1.03 bits per heavy atom. The highest BCUT2D eigenvalue weighted by Crippen LogP contribution is 2.46. The molecule has 8 rings (SSSR count). The average Bonchev–Trinajstić information content (AvgIpc) is 3.65. The first-order valence-electron chi connectivity index (χ1n) is 11.8. The van der Waals surface area contributed by atoms with Crippen LogP contribution in [-0.4, -0.2) is 15.4 Å². The SMILES string of the molecule is BrB(Br)Br.COc1ccc2sc3sc4ccccc4c3c2c1.Oc1ccc2sc3sc4ccccc4c3c2c1. The topological polar surface area (TPSA) is 29.5 Å². The lowest BCUT2D eigenvalue weighted by Crippen LogP contribution is -1.80. The number of halogens is 3. The third-order valence-electron chi connectivity index (χ3n) is 6.22. The molecular formula is C29H18BBr3O2S4. The Hall–Kier alpha value is -1.66. The van der Waals surface area contributed by atoms with Crippen molar-refractivity contribution in [3.63, 3.8) is 0 Å². The Labute approximate surface area is 265 Å². The third kappa shape index (κ3) is 5.49. The summed E-state index contributed by atoms with van der Waals surface area (Å²) < 4.78 is 13.6. The molecule has 4 aromatic carbocycles. The van der Waals surface area contributed by atoms with Crippen LogP contribution in [0, 0.1) is 0 Å². The van der Waals surface area contributed by atoms with Gasteiger partial charge in [0.05, 0.1) is 15.1 Å². The second-order valence-corrected chi connectivity index (χ2v) is 19.7. The maximum absolute atomic E-state index is 9.63. The van der Waals surface area contributed by atoms with Gasteiger partial charge in [-0.1, -0.05) is 36.4 Å². The van der Waals surface area contributed by atoms with Crippen molar-refractivity contribution in [3.05, 3.63) is 84.9 Å². The van der Waals surface area contributed by atoms with Gasteiger partial charge in [0.1, 0.15) is 11.5 Å². The first-order chi connectivity index (χ1) is 18.9. The molecule has 194 valence electrons. The van der Waals surface area contributed by atoms with Gasteiger partial charge in [-0.05, 0) is 48.5 Å². The predicted octanol–water partition coefficient (Wildman–Crippen LogP) is 12.4. The second-order valence-electron chi connectivity index (χ2n) is 8.52. The molecule has 0 fully saturated rings. The largest absolute Gasteiger partial charge is 0.508 e. The Morgan fingerprint density at radius 1 is 0.590 bits per heavy atom. The van der Waals surface area contributed by atoms with Crippen molar-refractivity contribution >= 4 is 155 Å². The van der Waals surface area contributed by atoms with Crippen LogP contribution < -0.4 is 4.74 Å². The second kappa shape index (κ2) is 11.7. The number of hydrogen-bond donors (Lipinski definition) is 1. The molecule has 0 spiro atoms. The van der Waals surface area contributed by atoms with Gasteiger partial charge >= 0.3 is 3.18 Å². The van der Waals surface area contributed by atoms with Crippen LogP contribution in [0.15, 0.2) is 84.9 Å². The van der Waals surface area contributed by atoms with Crippen molar-refractivity contribution in [1.29, 1.82) is 0 Å². The van der Waals surface area contributed by atoms with Gasteiger partial charge < -0.3 is 9.84 Å². The van der Waals surface area contributed by atoms with Gasteiger partial charge in [-0.25, -0.2) is 0 Å². The van der Waals surface area contributed by atoms with Crippen LogP contribution in [0.25, 0.3) is 59.1 Å². The van der Waals surface area contributed by atoms with E-state index >= 15 is 0 Å². The van der Waals surface area contributed by atoms with E-state index in [1.807, 2.05) is 52.2 Å². The van der Waals surface area contributed by atoms with Crippen molar-refractivity contribution in [2.24, 2.45) is 0 Å². The quantitative estimate of drug-likeness (QED) is 0.168. The number of ether oxygens (including phenoxy) is 1. The zero-order chi connectivity index (χ0) is 27.1. The van der Waals surface area contributed by atoms with Gasteiger partial charge in [0.15, 0.2) is 0 Å². The van der Waals surface area contributed by atoms with E-state index in [2.05, 4.69) is 108 Å². The molecule has 0 saturated carbocycles. The molecule has 0 saturated heterocycles. The van der Waals surface area contributed by atoms with E-state index in [1.165, 1.54) is 59.1 Å². The van der Waals surface area contributed by atoms with Crippen LogP contribution in [0.5, 0.6) is 11.5 Å². The first-order valence-corrected chi connectivity index (χ1v) is 17.8. The Balaban J connectivity index is 0.000000125. The zero-order valence-corrected chi connectivity index (χ0v) is 28.3. The normalized spacial score (nSPS) is 11.2. The molecule has 39 heavy (non-hydrogen) atoms. The highest BCUT2D eigenvalue weighted by atomic mass is 79.9. The molecule has 0 aliphatic heterocycles. The summed E-state index contributed by atoms with van der Waals surface area (Å²) in [7, 11) is 1.72. The van der Waals surface area contributed by atoms with E-state index < -0.39 is 0 Å². The predicted molar refractivity (Wildman–Crippen MR) is 190 cm³/mol. The number of methoxy groups -OCH3 is 1. The van der Waals surface area contributed by atoms with E-state index in [-0.39, 0.29) is 3.18 Å². The zero-order valence-electron chi connectivity index (χ0n) is 20.3. The molecule has 0 bridgehead atoms. The van der Waals surface area contributed by atoms with Gasteiger partial charge in [0, 0.05) is 51.1 Å². The van der Waals surface area contributed by atoms with Crippen LogP contribution in [0.2, 0.25) is 0 Å². The highest BCUT2D eigenvalue weighted by molar-refractivity contribution is 9.69. The third-order valence-corrected chi connectivity index (χ3v) is 11.1. The van der Waals surface area contributed by atoms with Gasteiger partial charge in [-0.2, -0.15) is 0 Å². The molecule has 0 amide bonds. The molecule has 2 nitrogen and oxygen atoms in total. The van der Waals surface area contributed by atoms with Crippen LogP contribution in [0.4, 0.5) is 0 Å². The van der Waals surface area contributed by atoms with E-state index in [0.717, 1.165) is 5.75 Å². The lowest BCUT2D eigenvalue weighted by Gasteiger charge is -1.99. The monoisotopic (exact) mass is 774 g/mol. The number of phenols is 1. The number of phenolic OH excluding ortho intramolecular Hbond substituents is 1. The number of thiophene rings is 4. The molecule has 0 unspecified atom stereocenters. The standard InChI is InChI=1S/C15H10OS2.C14H8OS2.BBr3/c1-16-9-6-7-13-11(8-9)14-10-4-2-3-5-12(10)17-15(14)18-13;15-8-5-6-12-10(7-8)13-9-3-1-2-4-11(9)16-14(13)17-12;2-1(3)4/h2-8H,1H3;1-7,15H;. The molecular weight excluding hydrogens is 759 g/mol. The van der Waals surface area contributed by atoms with Crippen molar-refractivity contribution in [1.82, 2.24) is 0 Å². The number of rotatable bonds is 1. The van der Waals surface area contributed by atoms with Crippen LogP contribution in [-0.2, 0) is 0 Å². The molecule has 10 heteroatoms. The summed E-state index contributed by atoms with van der Waals surface area (Å²) in [4.78, 5) is 0. The Bertz CT molecular complexity index is 2090. The molecule has 1 N–H and O–H groups in total. The minimum atomic E-state index is 0.271. The van der Waals surface area contributed by atoms with Gasteiger partial charge in [0.25, 0.3) is 0 Å². The van der Waals surface area contributed by atoms with Gasteiger partial charge in [-0.15, -0.1) is 92.6 Å². The summed E-state index contributed by atoms with van der Waals surface area (Å²) in [5, 5.41) is 17.4. The molecule has 8 aromatic rings. The van der Waals surface area contributed by atoms with Crippen molar-refractivity contribution in [2.75, 3.05) is 7.11 Å².